The Labute approximate surface area is 134 Å². The number of benzene rings is 2. The van der Waals surface area contributed by atoms with Gasteiger partial charge in [0.15, 0.2) is 11.5 Å². The number of nitrogens with one attached hydrogen (secondary N) is 1. The van der Waals surface area contributed by atoms with Crippen LogP contribution >= 0.6 is 15.9 Å². The Bertz CT molecular complexity index is 917. The lowest BCUT2D eigenvalue weighted by molar-refractivity contribution is 0.104. The number of nitrogens with zero attached hydrogens (tertiary/aromatic N) is 1. The summed E-state index contributed by atoms with van der Waals surface area (Å²) >= 11 is 3.46. The van der Waals surface area contributed by atoms with Crippen molar-refractivity contribution in [1.29, 1.82) is 0 Å². The van der Waals surface area contributed by atoms with E-state index in [1.165, 1.54) is 0 Å². The molecular formula is C16H11BrN2O3. The highest BCUT2D eigenvalue weighted by molar-refractivity contribution is 9.10. The van der Waals surface area contributed by atoms with Crippen LogP contribution in [-0.2, 0) is 0 Å². The van der Waals surface area contributed by atoms with Crippen molar-refractivity contribution in [2.24, 2.45) is 0 Å². The molecule has 1 heterocycles. The number of carbonyl (C=O) groups is 1. The number of halogens is 1. The number of hydrogen-bond donors (Lipinski definition) is 2. The van der Waals surface area contributed by atoms with Crippen molar-refractivity contribution in [2.75, 3.05) is 18.5 Å². The van der Waals surface area contributed by atoms with Gasteiger partial charge in [-0.1, -0.05) is 29.4 Å². The zero-order chi connectivity index (χ0) is 15.3. The number of fused-ring (bicyclic) bond motifs is 2. The molecule has 1 aromatic heterocycles. The summed E-state index contributed by atoms with van der Waals surface area (Å²) in [6.45, 7) is 0.344. The molecule has 0 bridgehead atoms. The normalized spacial score (nSPS) is 12.5. The van der Waals surface area contributed by atoms with E-state index in [2.05, 4.69) is 26.4 Å². The lowest BCUT2D eigenvalue weighted by Crippen LogP contribution is -2.14. The van der Waals surface area contributed by atoms with Gasteiger partial charge in [-0.15, -0.1) is 0 Å². The molecule has 0 saturated heterocycles. The Morgan fingerprint density at radius 3 is 2.82 bits per heavy atom. The maximum Gasteiger partial charge on any atom is 0.196 e. The molecule has 0 radical (unpaired) electrons. The van der Waals surface area contributed by atoms with Crippen LogP contribution in [-0.4, -0.2) is 29.2 Å². The van der Waals surface area contributed by atoms with Crippen LogP contribution in [0.15, 0.2) is 39.3 Å². The maximum atomic E-state index is 12.9. The Kier molecular flexibility index (Phi) is 3.02. The highest BCUT2D eigenvalue weighted by atomic mass is 79.9. The molecule has 0 fully saturated rings. The third-order valence-corrected chi connectivity index (χ3v) is 4.38. The predicted molar refractivity (Wildman–Crippen MR) is 86.2 cm³/mol. The Morgan fingerprint density at radius 1 is 1.27 bits per heavy atom. The summed E-state index contributed by atoms with van der Waals surface area (Å²) in [5.41, 5.74) is 3.19. The number of aliphatic hydroxyl groups excluding tert-OH is 1. The predicted octanol–water partition coefficient (Wildman–Crippen LogP) is 3.21. The highest BCUT2D eigenvalue weighted by Crippen LogP contribution is 2.44. The lowest BCUT2D eigenvalue weighted by atomic mass is 9.87. The van der Waals surface area contributed by atoms with Crippen LogP contribution in [0, 0.1) is 0 Å². The minimum Gasteiger partial charge on any atom is -0.395 e. The number of carbonyl (C=O) groups excluding carboxylic acids is 1. The van der Waals surface area contributed by atoms with Gasteiger partial charge >= 0.3 is 0 Å². The minimum atomic E-state index is -0.0655. The fourth-order valence-electron chi connectivity index (χ4n) is 2.85. The number of anilines is 1. The molecule has 2 N–H and O–H groups in total. The first kappa shape index (κ1) is 13.5. The Balaban J connectivity index is 2.09. The molecule has 2 aromatic carbocycles. The number of ketones is 1. The van der Waals surface area contributed by atoms with Crippen LogP contribution in [0.5, 0.6) is 0 Å². The third-order valence-electron chi connectivity index (χ3n) is 3.78. The van der Waals surface area contributed by atoms with E-state index in [1.807, 2.05) is 18.2 Å². The van der Waals surface area contributed by atoms with Gasteiger partial charge in [0.2, 0.25) is 0 Å². The second kappa shape index (κ2) is 4.93. The quantitative estimate of drug-likeness (QED) is 0.588. The first-order chi connectivity index (χ1) is 10.7. The van der Waals surface area contributed by atoms with Gasteiger partial charge < -0.3 is 14.9 Å². The van der Waals surface area contributed by atoms with E-state index in [4.69, 9.17) is 9.63 Å². The van der Waals surface area contributed by atoms with Crippen LogP contribution < -0.4 is 5.32 Å². The van der Waals surface area contributed by atoms with Gasteiger partial charge in [-0.2, -0.15) is 0 Å². The van der Waals surface area contributed by atoms with Gasteiger partial charge in [0.05, 0.1) is 17.6 Å². The van der Waals surface area contributed by atoms with Gasteiger partial charge in [-0.05, 0) is 22.0 Å². The summed E-state index contributed by atoms with van der Waals surface area (Å²) in [7, 11) is 0. The van der Waals surface area contributed by atoms with Crippen molar-refractivity contribution < 1.29 is 14.4 Å². The van der Waals surface area contributed by atoms with E-state index in [0.717, 1.165) is 10.0 Å². The van der Waals surface area contributed by atoms with Gasteiger partial charge in [0.25, 0.3) is 0 Å². The van der Waals surface area contributed by atoms with Crippen molar-refractivity contribution >= 4 is 38.3 Å². The first-order valence-electron chi connectivity index (χ1n) is 6.83. The third kappa shape index (κ3) is 1.74. The lowest BCUT2D eigenvalue weighted by Gasteiger charge is -2.18. The molecule has 0 atom stereocenters. The fourth-order valence-corrected chi connectivity index (χ4v) is 3.35. The summed E-state index contributed by atoms with van der Waals surface area (Å²) in [5, 5.41) is 16.9. The molecular weight excluding hydrogens is 348 g/mol. The van der Waals surface area contributed by atoms with E-state index < -0.39 is 0 Å². The number of aromatic nitrogens is 1. The van der Waals surface area contributed by atoms with E-state index in [9.17, 15) is 4.79 Å². The molecule has 0 spiro atoms. The second-order valence-corrected chi connectivity index (χ2v) is 5.90. The van der Waals surface area contributed by atoms with Gasteiger partial charge in [0.1, 0.15) is 5.52 Å². The van der Waals surface area contributed by atoms with Crippen LogP contribution in [0.4, 0.5) is 5.69 Å². The van der Waals surface area contributed by atoms with Crippen LogP contribution in [0.2, 0.25) is 0 Å². The Morgan fingerprint density at radius 2 is 2.05 bits per heavy atom. The molecule has 1 aliphatic carbocycles. The number of rotatable bonds is 3. The smallest absolute Gasteiger partial charge is 0.196 e. The zero-order valence-corrected chi connectivity index (χ0v) is 13.0. The van der Waals surface area contributed by atoms with Crippen LogP contribution in [0.25, 0.3) is 22.2 Å². The molecule has 0 aliphatic heterocycles. The highest BCUT2D eigenvalue weighted by Gasteiger charge is 2.32. The maximum absolute atomic E-state index is 12.9. The van der Waals surface area contributed by atoms with E-state index in [-0.39, 0.29) is 12.4 Å². The van der Waals surface area contributed by atoms with Gasteiger partial charge in [-0.3, -0.25) is 4.79 Å². The average molecular weight is 359 g/mol. The van der Waals surface area contributed by atoms with Crippen LogP contribution in [0.1, 0.15) is 15.9 Å². The summed E-state index contributed by atoms with van der Waals surface area (Å²) in [6.07, 6.45) is 0. The van der Waals surface area contributed by atoms with Crippen molar-refractivity contribution in [3.8, 4) is 11.3 Å². The molecule has 0 unspecified atom stereocenters. The summed E-state index contributed by atoms with van der Waals surface area (Å²) in [5.74, 6) is 0.540. The second-order valence-electron chi connectivity index (χ2n) is 5.04. The van der Waals surface area contributed by atoms with E-state index in [0.29, 0.717) is 40.0 Å². The molecule has 6 heteroatoms. The number of aliphatic hydroxyl groups is 1. The summed E-state index contributed by atoms with van der Waals surface area (Å²) in [4.78, 5) is 12.9. The molecule has 1 aliphatic rings. The minimum absolute atomic E-state index is 0.0175. The Hall–Kier alpha value is -2.18. The molecule has 110 valence electrons. The molecule has 22 heavy (non-hydrogen) atoms. The van der Waals surface area contributed by atoms with Gasteiger partial charge in [0, 0.05) is 27.8 Å². The van der Waals surface area contributed by atoms with Crippen LogP contribution in [0.3, 0.4) is 0 Å². The molecule has 3 aromatic rings. The monoisotopic (exact) mass is 358 g/mol. The molecule has 4 rings (SSSR count). The molecule has 5 nitrogen and oxygen atoms in total. The topological polar surface area (TPSA) is 75.4 Å². The SMILES string of the molecule is O=C1c2ccccc2-c2onc3c(Br)cc(NCCO)c1c23. The fraction of sp³-hybridized carbons (Fsp3) is 0.125. The van der Waals surface area contributed by atoms with E-state index >= 15 is 0 Å². The van der Waals surface area contributed by atoms with Crippen molar-refractivity contribution in [2.45, 2.75) is 0 Å². The van der Waals surface area contributed by atoms with Gasteiger partial charge in [-0.25, -0.2) is 0 Å². The summed E-state index contributed by atoms with van der Waals surface area (Å²) < 4.78 is 6.25. The van der Waals surface area contributed by atoms with E-state index in [1.54, 1.807) is 12.1 Å². The largest absolute Gasteiger partial charge is 0.395 e. The molecule has 0 saturated carbocycles. The zero-order valence-electron chi connectivity index (χ0n) is 11.4. The van der Waals surface area contributed by atoms with Crippen molar-refractivity contribution in [3.05, 3.63) is 45.9 Å². The summed E-state index contributed by atoms with van der Waals surface area (Å²) in [6, 6.07) is 9.14. The number of hydrogen-bond acceptors (Lipinski definition) is 5. The molecule has 0 amide bonds. The van der Waals surface area contributed by atoms with Crippen molar-refractivity contribution in [1.82, 2.24) is 5.16 Å². The van der Waals surface area contributed by atoms with Crippen molar-refractivity contribution in [3.63, 3.8) is 0 Å². The average Bonchev–Trinajstić information content (AvgIpc) is 2.98. The first-order valence-corrected chi connectivity index (χ1v) is 7.62. The standard InChI is InChI=1S/C16H11BrN2O3/c17-10-7-11(18-5-6-20)12-13-14(10)19-22-16(13)9-4-2-1-3-8(9)15(12)21/h1-4,7,18,20H,5-6H2.